The first kappa shape index (κ1) is 17.5. The van der Waals surface area contributed by atoms with E-state index in [1.54, 1.807) is 0 Å². The Balaban J connectivity index is 1.33. The van der Waals surface area contributed by atoms with E-state index in [9.17, 15) is 13.2 Å². The zero-order valence-electron chi connectivity index (χ0n) is 15.6. The summed E-state index contributed by atoms with van der Waals surface area (Å²) in [6.45, 7) is 2.14. The molecule has 1 aromatic carbocycles. The van der Waals surface area contributed by atoms with Crippen LogP contribution in [0.25, 0.3) is 0 Å². The highest BCUT2D eigenvalue weighted by Gasteiger charge is 2.50. The number of carbonyl (C=O) groups is 1. The fourth-order valence-corrected chi connectivity index (χ4v) is 6.74. The van der Waals surface area contributed by atoms with Crippen molar-refractivity contribution >= 4 is 21.9 Å². The molecule has 2 fully saturated rings. The highest BCUT2D eigenvalue weighted by atomic mass is 32.2. The number of nitrogens with one attached hydrogen (secondary N) is 2. The maximum atomic E-state index is 12.7. The summed E-state index contributed by atoms with van der Waals surface area (Å²) in [5.74, 6) is 0.385. The Morgan fingerprint density at radius 1 is 1.04 bits per heavy atom. The number of hydrogen-bond acceptors (Lipinski definition) is 4. The van der Waals surface area contributed by atoms with Gasteiger partial charge in [0.1, 0.15) is 0 Å². The number of hydrogen-bond donors (Lipinski definition) is 2. The van der Waals surface area contributed by atoms with Gasteiger partial charge < -0.3 is 10.2 Å². The average Bonchev–Trinajstić information content (AvgIpc) is 3.28. The van der Waals surface area contributed by atoms with Crippen LogP contribution in [0.15, 0.2) is 6.07 Å². The van der Waals surface area contributed by atoms with Crippen molar-refractivity contribution in [2.75, 3.05) is 32.0 Å². The van der Waals surface area contributed by atoms with Crippen LogP contribution in [0, 0.1) is 5.92 Å². The van der Waals surface area contributed by atoms with Crippen molar-refractivity contribution in [1.29, 1.82) is 0 Å². The highest BCUT2D eigenvalue weighted by Crippen LogP contribution is 2.38. The molecule has 0 aromatic heterocycles. The van der Waals surface area contributed by atoms with Crippen LogP contribution in [-0.2, 0) is 35.9 Å². The Morgan fingerprint density at radius 2 is 1.70 bits per heavy atom. The monoisotopic (exact) mass is 390 g/mol. The first-order chi connectivity index (χ1) is 12.9. The molecule has 27 heavy (non-hydrogen) atoms. The molecule has 2 aliphatic heterocycles. The Labute approximate surface area is 160 Å². The SMILES string of the molecule is CN1CC2CN(S(=O)(=O)NC(=O)Nc3c4c(cc5c3CCC5)CCC4)C2C1. The molecule has 2 aliphatic carbocycles. The fourth-order valence-electron chi connectivity index (χ4n) is 5.36. The second-order valence-corrected chi connectivity index (χ2v) is 10.0. The molecular weight excluding hydrogens is 364 g/mol. The Morgan fingerprint density at radius 3 is 2.33 bits per heavy atom. The molecule has 2 amide bonds. The minimum atomic E-state index is -3.80. The number of fused-ring (bicyclic) bond motifs is 3. The Kier molecular flexibility index (Phi) is 4.00. The minimum Gasteiger partial charge on any atom is -0.307 e. The quantitative estimate of drug-likeness (QED) is 0.815. The number of aryl methyl sites for hydroxylation is 2. The van der Waals surface area contributed by atoms with Crippen LogP contribution in [0.4, 0.5) is 10.5 Å². The number of carbonyl (C=O) groups excluding carboxylic acids is 1. The number of amides is 2. The molecule has 7 nitrogen and oxygen atoms in total. The summed E-state index contributed by atoms with van der Waals surface area (Å²) in [7, 11) is -1.80. The second kappa shape index (κ2) is 6.18. The van der Waals surface area contributed by atoms with Gasteiger partial charge in [-0.3, -0.25) is 0 Å². The van der Waals surface area contributed by atoms with Gasteiger partial charge >= 0.3 is 16.2 Å². The molecule has 2 saturated heterocycles. The normalized spacial score (nSPS) is 27.0. The predicted molar refractivity (Wildman–Crippen MR) is 103 cm³/mol. The van der Waals surface area contributed by atoms with Crippen molar-refractivity contribution < 1.29 is 13.2 Å². The van der Waals surface area contributed by atoms with Gasteiger partial charge in [0.25, 0.3) is 0 Å². The molecule has 2 unspecified atom stereocenters. The van der Waals surface area contributed by atoms with Crippen LogP contribution in [-0.4, -0.2) is 56.4 Å². The predicted octanol–water partition coefficient (Wildman–Crippen LogP) is 1.28. The molecule has 2 atom stereocenters. The van der Waals surface area contributed by atoms with Crippen molar-refractivity contribution in [3.63, 3.8) is 0 Å². The van der Waals surface area contributed by atoms with Crippen molar-refractivity contribution in [2.45, 2.75) is 44.6 Å². The zero-order chi connectivity index (χ0) is 18.8. The fraction of sp³-hybridized carbons (Fsp3) is 0.632. The molecule has 8 heteroatoms. The van der Waals surface area contributed by atoms with E-state index < -0.39 is 16.2 Å². The van der Waals surface area contributed by atoms with Gasteiger partial charge in [-0.15, -0.1) is 0 Å². The van der Waals surface area contributed by atoms with Gasteiger partial charge in [-0.25, -0.2) is 9.52 Å². The van der Waals surface area contributed by atoms with E-state index in [0.717, 1.165) is 57.3 Å². The van der Waals surface area contributed by atoms with E-state index in [0.29, 0.717) is 12.5 Å². The third-order valence-corrected chi connectivity index (χ3v) is 8.10. The number of likely N-dealkylation sites (N-methyl/N-ethyl adjacent to an activating group) is 1. The summed E-state index contributed by atoms with van der Waals surface area (Å²) in [5.41, 5.74) is 5.89. The topological polar surface area (TPSA) is 81.8 Å². The summed E-state index contributed by atoms with van der Waals surface area (Å²) in [6.07, 6.45) is 6.18. The lowest BCUT2D eigenvalue weighted by Gasteiger charge is -2.41. The van der Waals surface area contributed by atoms with Gasteiger partial charge in [0, 0.05) is 37.3 Å². The molecule has 5 rings (SSSR count). The van der Waals surface area contributed by atoms with Crippen LogP contribution >= 0.6 is 0 Å². The smallest absolute Gasteiger partial charge is 0.307 e. The number of anilines is 1. The van der Waals surface area contributed by atoms with Gasteiger partial charge in [-0.1, -0.05) is 6.07 Å². The van der Waals surface area contributed by atoms with Gasteiger partial charge in [0.05, 0.1) is 0 Å². The van der Waals surface area contributed by atoms with E-state index in [2.05, 4.69) is 21.0 Å². The van der Waals surface area contributed by atoms with E-state index >= 15 is 0 Å². The molecule has 1 aromatic rings. The molecule has 0 saturated carbocycles. The van der Waals surface area contributed by atoms with E-state index in [4.69, 9.17) is 0 Å². The summed E-state index contributed by atoms with van der Waals surface area (Å²) in [4.78, 5) is 14.7. The maximum absolute atomic E-state index is 12.7. The standard InChI is InChI=1S/C19H26N4O3S/c1-22-9-14-10-23(17(14)11-22)27(25,26)21-19(24)20-18-15-6-2-4-12(15)8-13-5-3-7-16(13)18/h8,14,17H,2-7,9-11H2,1H3,(H2,20,21,24). The van der Waals surface area contributed by atoms with Crippen molar-refractivity contribution in [2.24, 2.45) is 5.92 Å². The summed E-state index contributed by atoms with van der Waals surface area (Å²) in [5, 5.41) is 2.90. The lowest BCUT2D eigenvalue weighted by molar-refractivity contribution is 0.146. The van der Waals surface area contributed by atoms with Crippen LogP contribution in [0.3, 0.4) is 0 Å². The summed E-state index contributed by atoms with van der Waals surface area (Å²) < 4.78 is 29.0. The summed E-state index contributed by atoms with van der Waals surface area (Å²) in [6, 6.07) is 1.64. The highest BCUT2D eigenvalue weighted by molar-refractivity contribution is 7.87. The van der Waals surface area contributed by atoms with Crippen molar-refractivity contribution in [1.82, 2.24) is 13.9 Å². The largest absolute Gasteiger partial charge is 0.333 e. The van der Waals surface area contributed by atoms with Gasteiger partial charge in [-0.2, -0.15) is 12.7 Å². The van der Waals surface area contributed by atoms with Gasteiger partial charge in [0.2, 0.25) is 0 Å². The molecule has 2 N–H and O–H groups in total. The number of benzene rings is 1. The molecular formula is C19H26N4O3S. The van der Waals surface area contributed by atoms with Gasteiger partial charge in [-0.05, 0) is 67.8 Å². The third-order valence-electron chi connectivity index (χ3n) is 6.62. The second-order valence-electron chi connectivity index (χ2n) is 8.41. The molecule has 0 bridgehead atoms. The van der Waals surface area contributed by atoms with Crippen LogP contribution in [0.1, 0.15) is 35.1 Å². The molecule has 146 valence electrons. The van der Waals surface area contributed by atoms with Crippen molar-refractivity contribution in [3.05, 3.63) is 28.3 Å². The average molecular weight is 391 g/mol. The third kappa shape index (κ3) is 2.85. The van der Waals surface area contributed by atoms with E-state index in [1.807, 2.05) is 7.05 Å². The Hall–Kier alpha value is -1.64. The van der Waals surface area contributed by atoms with Gasteiger partial charge in [0.15, 0.2) is 0 Å². The first-order valence-electron chi connectivity index (χ1n) is 9.88. The Bertz CT molecular complexity index is 882. The molecule has 4 aliphatic rings. The maximum Gasteiger partial charge on any atom is 0.333 e. The lowest BCUT2D eigenvalue weighted by Crippen LogP contribution is -2.61. The van der Waals surface area contributed by atoms with Crippen LogP contribution in [0.5, 0.6) is 0 Å². The van der Waals surface area contributed by atoms with E-state index in [-0.39, 0.29) is 6.04 Å². The number of rotatable bonds is 3. The first-order valence-corrected chi connectivity index (χ1v) is 11.3. The van der Waals surface area contributed by atoms with Crippen LogP contribution in [0.2, 0.25) is 0 Å². The van der Waals surface area contributed by atoms with E-state index in [1.165, 1.54) is 26.6 Å². The van der Waals surface area contributed by atoms with Crippen molar-refractivity contribution in [3.8, 4) is 0 Å². The molecule has 2 heterocycles. The zero-order valence-corrected chi connectivity index (χ0v) is 16.4. The summed E-state index contributed by atoms with van der Waals surface area (Å²) >= 11 is 0. The molecule has 0 radical (unpaired) electrons. The van der Waals surface area contributed by atoms with Crippen LogP contribution < -0.4 is 10.0 Å². The number of likely N-dealkylation sites (tertiary alicyclic amines) is 1. The number of urea groups is 1. The minimum absolute atomic E-state index is 0.00878. The lowest BCUT2D eigenvalue weighted by atomic mass is 9.96. The molecule has 0 spiro atoms. The number of nitrogens with zero attached hydrogens (tertiary/aromatic N) is 2.